The van der Waals surface area contributed by atoms with Crippen molar-refractivity contribution in [2.24, 2.45) is 0 Å². The summed E-state index contributed by atoms with van der Waals surface area (Å²) in [6.07, 6.45) is 0. The molecule has 17 heavy (non-hydrogen) atoms. The molecule has 1 nitrogen and oxygen atoms in total. The van der Waals surface area contributed by atoms with Crippen molar-refractivity contribution in [3.63, 3.8) is 0 Å². The van der Waals surface area contributed by atoms with Gasteiger partial charge in [0.1, 0.15) is 0 Å². The van der Waals surface area contributed by atoms with Gasteiger partial charge in [0.05, 0.1) is 4.88 Å². The van der Waals surface area contributed by atoms with E-state index in [1.54, 1.807) is 11.3 Å². The predicted molar refractivity (Wildman–Crippen MR) is 68.6 cm³/mol. The van der Waals surface area contributed by atoms with Crippen molar-refractivity contribution in [1.82, 2.24) is 0 Å². The van der Waals surface area contributed by atoms with Gasteiger partial charge >= 0.3 is 0 Å². The number of aromatic amines is 1. The van der Waals surface area contributed by atoms with E-state index < -0.39 is 0 Å². The molecule has 86 valence electrons. The summed E-state index contributed by atoms with van der Waals surface area (Å²) < 4.78 is 0. The summed E-state index contributed by atoms with van der Waals surface area (Å²) in [4.78, 5) is 4.77. The van der Waals surface area contributed by atoms with Crippen LogP contribution in [0.1, 0.15) is 5.56 Å². The van der Waals surface area contributed by atoms with Crippen molar-refractivity contribution < 1.29 is 17.4 Å². The number of benzene rings is 1. The Balaban J connectivity index is 0.00000108. The van der Waals surface area contributed by atoms with Gasteiger partial charge in [0, 0.05) is 17.5 Å². The molecule has 0 aliphatic rings. The van der Waals surface area contributed by atoms with Crippen LogP contribution in [0, 0.1) is 6.92 Å². The van der Waals surface area contributed by atoms with E-state index in [2.05, 4.69) is 59.8 Å². The highest BCUT2D eigenvalue weighted by Gasteiger charge is 2.10. The lowest BCUT2D eigenvalue weighted by atomic mass is 10.1. The number of thiophene rings is 1. The number of halogens is 1. The van der Waals surface area contributed by atoms with Crippen LogP contribution in [-0.4, -0.2) is 0 Å². The van der Waals surface area contributed by atoms with Gasteiger partial charge in [-0.25, -0.2) is 4.98 Å². The summed E-state index contributed by atoms with van der Waals surface area (Å²) in [5.74, 6) is 0. The van der Waals surface area contributed by atoms with Crippen LogP contribution >= 0.6 is 11.3 Å². The van der Waals surface area contributed by atoms with Gasteiger partial charge in [0.15, 0.2) is 0 Å². The molecule has 0 spiro atoms. The number of pyridine rings is 1. The average Bonchev–Trinajstić information content (AvgIpc) is 2.82. The lowest BCUT2D eigenvalue weighted by Crippen LogP contribution is -3.00. The Morgan fingerprint density at radius 2 is 1.88 bits per heavy atom. The Morgan fingerprint density at radius 1 is 1.06 bits per heavy atom. The molecule has 0 fully saturated rings. The molecular formula is C14H12ClNS. The molecule has 1 N–H and O–H groups in total. The van der Waals surface area contributed by atoms with Crippen molar-refractivity contribution in [1.29, 1.82) is 0 Å². The van der Waals surface area contributed by atoms with Crippen LogP contribution in [0.5, 0.6) is 0 Å². The molecule has 1 aromatic carbocycles. The number of H-pyrrole nitrogens is 1. The van der Waals surface area contributed by atoms with Gasteiger partial charge in [-0.3, -0.25) is 0 Å². The van der Waals surface area contributed by atoms with Crippen LogP contribution in [0.4, 0.5) is 0 Å². The molecule has 0 atom stereocenters. The molecule has 0 radical (unpaired) electrons. The van der Waals surface area contributed by atoms with E-state index in [0.29, 0.717) is 0 Å². The first kappa shape index (κ1) is 12.1. The van der Waals surface area contributed by atoms with Gasteiger partial charge < -0.3 is 12.4 Å². The maximum atomic E-state index is 3.48. The van der Waals surface area contributed by atoms with Crippen molar-refractivity contribution in [3.05, 3.63) is 53.4 Å². The zero-order chi connectivity index (χ0) is 11.0. The van der Waals surface area contributed by atoms with Crippen LogP contribution in [0.15, 0.2) is 47.8 Å². The molecule has 3 rings (SSSR count). The topological polar surface area (TPSA) is 14.1 Å². The molecule has 2 heterocycles. The van der Waals surface area contributed by atoms with Gasteiger partial charge in [-0.05, 0) is 30.0 Å². The van der Waals surface area contributed by atoms with Gasteiger partial charge in [0.25, 0.3) is 0 Å². The van der Waals surface area contributed by atoms with E-state index in [1.807, 2.05) is 0 Å². The van der Waals surface area contributed by atoms with Crippen molar-refractivity contribution in [3.8, 4) is 10.6 Å². The third-order valence-electron chi connectivity index (χ3n) is 2.77. The fraction of sp³-hybridized carbons (Fsp3) is 0.0714. The van der Waals surface area contributed by atoms with Gasteiger partial charge in [0.2, 0.25) is 11.2 Å². The first-order chi connectivity index (χ1) is 7.84. The van der Waals surface area contributed by atoms with Crippen molar-refractivity contribution in [2.75, 3.05) is 0 Å². The zero-order valence-corrected chi connectivity index (χ0v) is 11.0. The van der Waals surface area contributed by atoms with Crippen LogP contribution in [0.2, 0.25) is 0 Å². The van der Waals surface area contributed by atoms with Crippen LogP contribution in [-0.2, 0) is 0 Å². The van der Waals surface area contributed by atoms with E-state index in [4.69, 9.17) is 0 Å². The molecule has 0 amide bonds. The third kappa shape index (κ3) is 2.19. The summed E-state index contributed by atoms with van der Waals surface area (Å²) >= 11 is 1.76. The number of nitrogens with one attached hydrogen (secondary N) is 1. The summed E-state index contributed by atoms with van der Waals surface area (Å²) in [6, 6.07) is 14.9. The first-order valence-corrected chi connectivity index (χ1v) is 6.18. The van der Waals surface area contributed by atoms with Gasteiger partial charge in [-0.2, -0.15) is 0 Å². The maximum absolute atomic E-state index is 3.48. The maximum Gasteiger partial charge on any atom is 0.221 e. The molecular weight excluding hydrogens is 250 g/mol. The molecule has 0 saturated carbocycles. The van der Waals surface area contributed by atoms with Crippen LogP contribution in [0.3, 0.4) is 0 Å². The second-order valence-corrected chi connectivity index (χ2v) is 4.84. The summed E-state index contributed by atoms with van der Waals surface area (Å²) in [5.41, 5.74) is 3.72. The SMILES string of the molecule is Cc1cc(-c2cccs2)[nH+]c2ccccc12.[Cl-]. The van der Waals surface area contributed by atoms with Crippen molar-refractivity contribution >= 4 is 22.2 Å². The summed E-state index contributed by atoms with van der Waals surface area (Å²) in [6.45, 7) is 2.16. The molecule has 0 aliphatic heterocycles. The molecule has 0 bridgehead atoms. The van der Waals surface area contributed by atoms with Crippen LogP contribution in [0.25, 0.3) is 21.5 Å². The smallest absolute Gasteiger partial charge is 0.221 e. The molecule has 0 saturated heterocycles. The van der Waals surface area contributed by atoms with Gasteiger partial charge in [-0.15, -0.1) is 11.3 Å². The zero-order valence-electron chi connectivity index (χ0n) is 9.41. The standard InChI is InChI=1S/C14H11NS.ClH/c1-10-9-13(14-7-4-8-16-14)15-12-6-3-2-5-11(10)12;/h2-9H,1H3;1H. The highest BCUT2D eigenvalue weighted by molar-refractivity contribution is 7.13. The molecule has 2 aromatic heterocycles. The Labute approximate surface area is 111 Å². The Bertz CT molecular complexity index is 632. The quantitative estimate of drug-likeness (QED) is 0.612. The number of fused-ring (bicyclic) bond motifs is 1. The lowest BCUT2D eigenvalue weighted by Gasteiger charge is -1.98. The predicted octanol–water partition coefficient (Wildman–Crippen LogP) is 0.695. The van der Waals surface area contributed by atoms with E-state index in [9.17, 15) is 0 Å². The number of aryl methyl sites for hydroxylation is 1. The minimum absolute atomic E-state index is 0. The fourth-order valence-electron chi connectivity index (χ4n) is 1.98. The lowest BCUT2D eigenvalue weighted by molar-refractivity contribution is -0.330. The fourth-order valence-corrected chi connectivity index (χ4v) is 2.67. The number of aromatic nitrogens is 1. The Hall–Kier alpha value is -1.38. The normalized spacial score (nSPS) is 10.2. The monoisotopic (exact) mass is 261 g/mol. The highest BCUT2D eigenvalue weighted by atomic mass is 35.5. The minimum Gasteiger partial charge on any atom is -1.00 e. The van der Waals surface area contributed by atoms with Crippen LogP contribution < -0.4 is 17.4 Å². The minimum atomic E-state index is 0. The molecule has 3 heteroatoms. The Kier molecular flexibility index (Phi) is 3.46. The first-order valence-electron chi connectivity index (χ1n) is 5.30. The van der Waals surface area contributed by atoms with Gasteiger partial charge in [-0.1, -0.05) is 18.2 Å². The van der Waals surface area contributed by atoms with E-state index in [-0.39, 0.29) is 12.4 Å². The van der Waals surface area contributed by atoms with E-state index >= 15 is 0 Å². The average molecular weight is 262 g/mol. The highest BCUT2D eigenvalue weighted by Crippen LogP contribution is 2.24. The largest absolute Gasteiger partial charge is 1.00 e. The number of para-hydroxylation sites is 1. The van der Waals surface area contributed by atoms with E-state index in [0.717, 1.165) is 0 Å². The molecule has 0 aliphatic carbocycles. The third-order valence-corrected chi connectivity index (χ3v) is 3.67. The van der Waals surface area contributed by atoms with E-state index in [1.165, 1.54) is 27.0 Å². The number of hydrogen-bond donors (Lipinski definition) is 0. The molecule has 0 unspecified atom stereocenters. The second kappa shape index (κ2) is 4.86. The number of hydrogen-bond acceptors (Lipinski definition) is 1. The molecule has 3 aromatic rings. The summed E-state index contributed by atoms with van der Waals surface area (Å²) in [5, 5.41) is 3.40. The number of rotatable bonds is 1. The second-order valence-electron chi connectivity index (χ2n) is 3.89. The van der Waals surface area contributed by atoms with Crippen molar-refractivity contribution in [2.45, 2.75) is 6.92 Å². The Morgan fingerprint density at radius 3 is 2.65 bits per heavy atom. The summed E-state index contributed by atoms with van der Waals surface area (Å²) in [7, 11) is 0.